The van der Waals surface area contributed by atoms with E-state index in [1.807, 2.05) is 13.8 Å². The van der Waals surface area contributed by atoms with Crippen molar-refractivity contribution in [1.82, 2.24) is 0 Å². The molecule has 0 aliphatic carbocycles. The fraction of sp³-hybridized carbons (Fsp3) is 0.800. The van der Waals surface area contributed by atoms with E-state index in [2.05, 4.69) is 27.9 Å². The Kier molecular flexibility index (Phi) is 9.02. The molecule has 0 amide bonds. The number of nitrogens with zero attached hydrogens (tertiary/aromatic N) is 1. The molecule has 2 N–H and O–H groups in total. The predicted octanol–water partition coefficient (Wildman–Crippen LogP) is 3.83. The maximum absolute atomic E-state index is 10.3. The average Bonchev–Trinajstić information content (AvgIpc) is 2.17. The van der Waals surface area contributed by atoms with Gasteiger partial charge in [0.25, 0.3) is 0 Å². The monoisotopic (exact) mass is 264 g/mol. The molecule has 0 aliphatic heterocycles. The van der Waals surface area contributed by atoms with E-state index in [0.29, 0.717) is 0 Å². The van der Waals surface area contributed by atoms with Gasteiger partial charge >= 0.3 is 0 Å². The number of nitrogens with two attached hydrogens (primary N) is 1. The van der Waals surface area contributed by atoms with Crippen molar-refractivity contribution in [2.75, 3.05) is 0 Å². The summed E-state index contributed by atoms with van der Waals surface area (Å²) in [6, 6.07) is 0. The topological polar surface area (TPSA) is 64.7 Å². The average molecular weight is 264 g/mol. The van der Waals surface area contributed by atoms with Crippen LogP contribution in [0.15, 0.2) is 16.7 Å². The molecule has 0 heterocycles. The zero-order valence-electron chi connectivity index (χ0n) is 10.0. The fourth-order valence-electron chi connectivity index (χ4n) is 1.35. The normalized spacial score (nSPS) is 14.2. The molecule has 0 aromatic carbocycles. The summed E-state index contributed by atoms with van der Waals surface area (Å²) in [6.45, 7) is 6.15. The van der Waals surface area contributed by atoms with Crippen LogP contribution in [0.1, 0.15) is 40.0 Å². The minimum absolute atomic E-state index is 0.114. The van der Waals surface area contributed by atoms with E-state index >= 15 is 0 Å². The molecule has 4 nitrogen and oxygen atoms in total. The quantitative estimate of drug-likeness (QED) is 0.225. The van der Waals surface area contributed by atoms with Crippen molar-refractivity contribution in [2.24, 2.45) is 10.5 Å². The van der Waals surface area contributed by atoms with Crippen LogP contribution in [0.3, 0.4) is 0 Å². The molecule has 0 spiro atoms. The molecule has 0 aliphatic rings. The molecule has 6 heteroatoms. The molecular formula is C10H20N2O2S2. The van der Waals surface area contributed by atoms with E-state index in [-0.39, 0.29) is 10.00 Å². The second-order valence-electron chi connectivity index (χ2n) is 4.06. The smallest absolute Gasteiger partial charge is 0.0397 e. The lowest BCUT2D eigenvalue weighted by Crippen LogP contribution is -2.22. The second kappa shape index (κ2) is 9.04. The summed E-state index contributed by atoms with van der Waals surface area (Å²) < 4.78 is 7.39. The largest absolute Gasteiger partial charge is 0.234 e. The predicted molar refractivity (Wildman–Crippen MR) is 72.8 cm³/mol. The van der Waals surface area contributed by atoms with Gasteiger partial charge in [0.05, 0.1) is 0 Å². The summed E-state index contributed by atoms with van der Waals surface area (Å²) in [7, 11) is 0. The van der Waals surface area contributed by atoms with Crippen molar-refractivity contribution in [3.8, 4) is 0 Å². The maximum atomic E-state index is 10.3. The Labute approximate surface area is 106 Å². The highest BCUT2D eigenvalue weighted by molar-refractivity contribution is 7.98. The standard InChI is InChI=1S/C10H20N2O2S2/c1-4-5-6-7-9(15-12-13)8-10(2,3)16-14-11/h5-6,9H,4,7-8,11H2,1-3H3/b6-5+. The number of hydrogen-bond acceptors (Lipinski definition) is 6. The van der Waals surface area contributed by atoms with Crippen molar-refractivity contribution in [3.63, 3.8) is 0 Å². The lowest BCUT2D eigenvalue weighted by Gasteiger charge is -2.24. The Bertz CT molecular complexity index is 223. The van der Waals surface area contributed by atoms with Crippen LogP contribution in [-0.2, 0) is 4.28 Å². The van der Waals surface area contributed by atoms with Crippen LogP contribution < -0.4 is 5.90 Å². The van der Waals surface area contributed by atoms with Gasteiger partial charge in [-0.05, 0) is 33.1 Å². The SMILES string of the molecule is CC/C=C/CC(CC(C)(C)SON)SN=O. The first kappa shape index (κ1) is 16.0. The number of hydrogen-bond donors (Lipinski definition) is 1. The van der Waals surface area contributed by atoms with Gasteiger partial charge in [0.15, 0.2) is 0 Å². The summed E-state index contributed by atoms with van der Waals surface area (Å²) in [5.74, 6) is 5.04. The van der Waals surface area contributed by atoms with Crippen molar-refractivity contribution in [2.45, 2.75) is 50.0 Å². The molecule has 0 saturated heterocycles. The summed E-state index contributed by atoms with van der Waals surface area (Å²) in [4.78, 5) is 10.3. The third kappa shape index (κ3) is 8.15. The van der Waals surface area contributed by atoms with Gasteiger partial charge in [-0.25, -0.2) is 10.2 Å². The highest BCUT2D eigenvalue weighted by Crippen LogP contribution is 2.34. The Morgan fingerprint density at radius 1 is 1.50 bits per heavy atom. The molecule has 16 heavy (non-hydrogen) atoms. The molecule has 0 bridgehead atoms. The van der Waals surface area contributed by atoms with Crippen LogP contribution in [0.2, 0.25) is 0 Å². The van der Waals surface area contributed by atoms with Gasteiger partial charge in [-0.3, -0.25) is 0 Å². The van der Waals surface area contributed by atoms with Gasteiger partial charge in [-0.2, -0.15) is 0 Å². The second-order valence-corrected chi connectivity index (χ2v) is 6.55. The van der Waals surface area contributed by atoms with Gasteiger partial charge < -0.3 is 0 Å². The molecule has 0 saturated carbocycles. The summed E-state index contributed by atoms with van der Waals surface area (Å²) in [6.07, 6.45) is 6.86. The molecule has 1 atom stereocenters. The van der Waals surface area contributed by atoms with E-state index in [9.17, 15) is 4.91 Å². The molecule has 0 aromatic heterocycles. The first-order chi connectivity index (χ1) is 7.55. The zero-order valence-corrected chi connectivity index (χ0v) is 11.6. The molecule has 1 unspecified atom stereocenters. The Morgan fingerprint density at radius 3 is 2.69 bits per heavy atom. The van der Waals surface area contributed by atoms with Gasteiger partial charge in [0, 0.05) is 38.6 Å². The molecular weight excluding hydrogens is 244 g/mol. The van der Waals surface area contributed by atoms with Gasteiger partial charge in [-0.15, -0.1) is 4.91 Å². The molecule has 0 fully saturated rings. The van der Waals surface area contributed by atoms with Crippen molar-refractivity contribution in [1.29, 1.82) is 0 Å². The van der Waals surface area contributed by atoms with E-state index in [1.54, 1.807) is 0 Å². The fourth-order valence-corrected chi connectivity index (χ4v) is 2.80. The Hall–Kier alpha value is -0.0400. The third-order valence-corrected chi connectivity index (χ3v) is 3.44. The maximum Gasteiger partial charge on any atom is 0.0397 e. The Balaban J connectivity index is 4.19. The summed E-state index contributed by atoms with van der Waals surface area (Å²) in [5.41, 5.74) is 0. The summed E-state index contributed by atoms with van der Waals surface area (Å²) >= 11 is 2.31. The van der Waals surface area contributed by atoms with Crippen LogP contribution in [0.4, 0.5) is 0 Å². The molecule has 0 aromatic rings. The lowest BCUT2D eigenvalue weighted by atomic mass is 10.0. The van der Waals surface area contributed by atoms with Crippen LogP contribution in [0.5, 0.6) is 0 Å². The van der Waals surface area contributed by atoms with E-state index in [1.165, 1.54) is 12.0 Å². The first-order valence-corrected chi connectivity index (χ1v) is 6.81. The van der Waals surface area contributed by atoms with Crippen molar-refractivity contribution >= 4 is 24.0 Å². The minimum atomic E-state index is -0.114. The van der Waals surface area contributed by atoms with Gasteiger partial charge in [0.2, 0.25) is 0 Å². The van der Waals surface area contributed by atoms with Crippen LogP contribution in [0, 0.1) is 4.91 Å². The van der Waals surface area contributed by atoms with E-state index < -0.39 is 0 Å². The van der Waals surface area contributed by atoms with Crippen molar-refractivity contribution in [3.05, 3.63) is 17.1 Å². The van der Waals surface area contributed by atoms with Gasteiger partial charge in [-0.1, -0.05) is 19.1 Å². The molecule has 0 rings (SSSR count). The number of nitroso groups, excluding NO2 is 1. The van der Waals surface area contributed by atoms with E-state index in [0.717, 1.165) is 31.2 Å². The molecule has 94 valence electrons. The van der Waals surface area contributed by atoms with Crippen LogP contribution in [-0.4, -0.2) is 10.00 Å². The number of allylic oxidation sites excluding steroid dienone is 2. The highest BCUT2D eigenvalue weighted by atomic mass is 32.2. The van der Waals surface area contributed by atoms with Crippen LogP contribution >= 0.6 is 24.0 Å². The van der Waals surface area contributed by atoms with Crippen molar-refractivity contribution < 1.29 is 4.28 Å². The van der Waals surface area contributed by atoms with Gasteiger partial charge in [0.1, 0.15) is 0 Å². The lowest BCUT2D eigenvalue weighted by molar-refractivity contribution is 0.383. The first-order valence-electron chi connectivity index (χ1n) is 5.23. The Morgan fingerprint density at radius 2 is 2.19 bits per heavy atom. The summed E-state index contributed by atoms with van der Waals surface area (Å²) in [5, 5.41) is 0.179. The van der Waals surface area contributed by atoms with Crippen LogP contribution in [0.25, 0.3) is 0 Å². The highest BCUT2D eigenvalue weighted by Gasteiger charge is 2.25. The molecule has 0 radical (unpaired) electrons. The number of rotatable bonds is 9. The zero-order chi connectivity index (χ0) is 12.4. The van der Waals surface area contributed by atoms with E-state index in [4.69, 9.17) is 5.90 Å². The third-order valence-electron chi connectivity index (χ3n) is 1.99. The minimum Gasteiger partial charge on any atom is -0.234 e.